The van der Waals surface area contributed by atoms with E-state index in [0.717, 1.165) is 17.8 Å². The van der Waals surface area contributed by atoms with Gasteiger partial charge in [-0.1, -0.05) is 129 Å². The Bertz CT molecular complexity index is 2570. The Balaban J connectivity index is 1.08. The van der Waals surface area contributed by atoms with Crippen LogP contribution >= 0.6 is 0 Å². The molecule has 0 spiro atoms. The van der Waals surface area contributed by atoms with Crippen molar-refractivity contribution in [2.24, 2.45) is 0 Å². The summed E-state index contributed by atoms with van der Waals surface area (Å²) < 4.78 is 0. The molecule has 7 aromatic rings. The number of para-hydroxylation sites is 2. The van der Waals surface area contributed by atoms with Gasteiger partial charge in [0.1, 0.15) is 0 Å². The van der Waals surface area contributed by atoms with Gasteiger partial charge in [-0.25, -0.2) is 0 Å². The highest BCUT2D eigenvalue weighted by Crippen LogP contribution is 2.58. The fraction of sp³-hybridized carbons (Fsp3) is 0.102. The van der Waals surface area contributed by atoms with E-state index in [9.17, 15) is 0 Å². The lowest BCUT2D eigenvalue weighted by molar-refractivity contribution is 0.660. The molecule has 0 bridgehead atoms. The maximum absolute atomic E-state index is 3.65. The van der Waals surface area contributed by atoms with Crippen molar-refractivity contribution in [1.29, 1.82) is 0 Å². The zero-order valence-corrected chi connectivity index (χ0v) is 28.9. The smallest absolute Gasteiger partial charge is 0.0501 e. The van der Waals surface area contributed by atoms with Crippen molar-refractivity contribution in [3.63, 3.8) is 0 Å². The molecule has 1 N–H and O–H groups in total. The Morgan fingerprint density at radius 1 is 0.569 bits per heavy atom. The summed E-state index contributed by atoms with van der Waals surface area (Å²) in [6, 6.07) is 57.8. The lowest BCUT2D eigenvalue weighted by atomic mass is 9.80. The average molecular weight is 655 g/mol. The monoisotopic (exact) mass is 654 g/mol. The van der Waals surface area contributed by atoms with E-state index >= 15 is 0 Å². The van der Waals surface area contributed by atoms with E-state index in [0.29, 0.717) is 0 Å². The predicted molar refractivity (Wildman–Crippen MR) is 215 cm³/mol. The fourth-order valence-corrected chi connectivity index (χ4v) is 8.78. The third-order valence-electron chi connectivity index (χ3n) is 11.4. The molecule has 7 aromatic carbocycles. The molecule has 1 aliphatic heterocycles. The summed E-state index contributed by atoms with van der Waals surface area (Å²) in [7, 11) is 0. The van der Waals surface area contributed by atoms with Crippen LogP contribution in [0, 0.1) is 0 Å². The van der Waals surface area contributed by atoms with E-state index in [4.69, 9.17) is 0 Å². The molecule has 2 heteroatoms. The van der Waals surface area contributed by atoms with Crippen molar-refractivity contribution in [2.45, 2.75) is 31.6 Å². The molecule has 0 saturated heterocycles. The second kappa shape index (κ2) is 11.5. The third-order valence-corrected chi connectivity index (χ3v) is 11.4. The summed E-state index contributed by atoms with van der Waals surface area (Å²) in [4.78, 5) is 2.54. The van der Waals surface area contributed by atoms with E-state index in [1.165, 1.54) is 77.9 Å². The van der Waals surface area contributed by atoms with E-state index in [2.05, 4.69) is 194 Å². The fourth-order valence-electron chi connectivity index (χ4n) is 8.78. The van der Waals surface area contributed by atoms with Crippen molar-refractivity contribution in [1.82, 2.24) is 0 Å². The quantitative estimate of drug-likeness (QED) is 0.199. The molecular formula is C49H38N2. The molecular weight excluding hydrogens is 617 g/mol. The molecule has 2 nitrogen and oxygen atoms in total. The molecule has 0 amide bonds. The van der Waals surface area contributed by atoms with Crippen molar-refractivity contribution in [3.05, 3.63) is 198 Å². The molecule has 2 aliphatic carbocycles. The van der Waals surface area contributed by atoms with Crippen molar-refractivity contribution in [3.8, 4) is 22.3 Å². The van der Waals surface area contributed by atoms with Gasteiger partial charge in [-0.05, 0) is 116 Å². The van der Waals surface area contributed by atoms with Gasteiger partial charge in [-0.15, -0.1) is 0 Å². The van der Waals surface area contributed by atoms with Gasteiger partial charge in [0.05, 0.1) is 5.69 Å². The highest BCUT2D eigenvalue weighted by molar-refractivity contribution is 5.93. The largest absolute Gasteiger partial charge is 0.355 e. The van der Waals surface area contributed by atoms with Gasteiger partial charge in [0.25, 0.3) is 0 Å². The Morgan fingerprint density at radius 2 is 1.31 bits per heavy atom. The van der Waals surface area contributed by atoms with E-state index in [1.807, 2.05) is 0 Å². The van der Waals surface area contributed by atoms with Crippen LogP contribution in [-0.2, 0) is 5.41 Å². The standard InChI is InChI=1S/C49H38N2/c1-49(2)44-21-10-8-20-40(44)41-30-43-42-29-35(33-15-12-16-36(27-33)39-19-9-11-22-46(39)50-37-17-4-3-5-18-37)24-26-47(42)51(48(43)31-45(41)49)38-25-23-32-13-6-7-14-34(32)28-38/h3-28,30-31,42,50H,29H2,1-2H3. The summed E-state index contributed by atoms with van der Waals surface area (Å²) in [5.74, 6) is 0.253. The number of allylic oxidation sites excluding steroid dienone is 4. The van der Waals surface area contributed by atoms with Gasteiger partial charge in [-0.3, -0.25) is 0 Å². The third kappa shape index (κ3) is 4.78. The minimum Gasteiger partial charge on any atom is -0.355 e. The first-order valence-corrected chi connectivity index (χ1v) is 18.0. The van der Waals surface area contributed by atoms with Gasteiger partial charge in [0.2, 0.25) is 0 Å². The summed E-state index contributed by atoms with van der Waals surface area (Å²) in [5.41, 5.74) is 18.1. The molecule has 0 aromatic heterocycles. The summed E-state index contributed by atoms with van der Waals surface area (Å²) in [6.07, 6.45) is 5.70. The van der Waals surface area contributed by atoms with E-state index < -0.39 is 0 Å². The SMILES string of the molecule is CC1(C)c2ccccc2-c2cc3c(cc21)N(c1ccc2ccccc2c1)C1=CC=C(c2cccc(-c4ccccc4Nc4ccccc4)c2)CC13. The van der Waals surface area contributed by atoms with Gasteiger partial charge >= 0.3 is 0 Å². The Morgan fingerprint density at radius 3 is 2.20 bits per heavy atom. The van der Waals surface area contributed by atoms with Crippen LogP contribution in [0.4, 0.5) is 22.7 Å². The molecule has 0 radical (unpaired) electrons. The number of nitrogens with one attached hydrogen (secondary N) is 1. The second-order valence-electron chi connectivity index (χ2n) is 14.7. The van der Waals surface area contributed by atoms with Crippen LogP contribution in [0.25, 0.3) is 38.6 Å². The lowest BCUT2D eigenvalue weighted by Crippen LogP contribution is -2.17. The van der Waals surface area contributed by atoms with Crippen molar-refractivity contribution < 1.29 is 0 Å². The van der Waals surface area contributed by atoms with Crippen molar-refractivity contribution >= 4 is 39.1 Å². The van der Waals surface area contributed by atoms with Crippen molar-refractivity contribution in [2.75, 3.05) is 10.2 Å². The van der Waals surface area contributed by atoms with Gasteiger partial charge in [0.15, 0.2) is 0 Å². The zero-order chi connectivity index (χ0) is 34.1. The molecule has 0 fully saturated rings. The maximum atomic E-state index is 3.65. The van der Waals surface area contributed by atoms with Crippen LogP contribution in [-0.4, -0.2) is 0 Å². The second-order valence-corrected chi connectivity index (χ2v) is 14.7. The van der Waals surface area contributed by atoms with Crippen LogP contribution in [0.3, 0.4) is 0 Å². The average Bonchev–Trinajstić information content (AvgIpc) is 3.62. The lowest BCUT2D eigenvalue weighted by Gasteiger charge is -2.27. The first kappa shape index (κ1) is 29.8. The molecule has 0 saturated carbocycles. The highest BCUT2D eigenvalue weighted by atomic mass is 15.2. The van der Waals surface area contributed by atoms with E-state index in [1.54, 1.807) is 0 Å². The van der Waals surface area contributed by atoms with Crippen LogP contribution in [0.15, 0.2) is 176 Å². The van der Waals surface area contributed by atoms with E-state index in [-0.39, 0.29) is 11.3 Å². The highest BCUT2D eigenvalue weighted by Gasteiger charge is 2.42. The Kier molecular flexibility index (Phi) is 6.69. The van der Waals surface area contributed by atoms with Crippen LogP contribution in [0.1, 0.15) is 48.4 Å². The number of fused-ring (bicyclic) bond motifs is 7. The van der Waals surface area contributed by atoms with Crippen LogP contribution < -0.4 is 10.2 Å². The molecule has 10 rings (SSSR count). The predicted octanol–water partition coefficient (Wildman–Crippen LogP) is 13.2. The minimum absolute atomic E-state index is 0.0618. The normalized spacial score (nSPS) is 16.5. The summed E-state index contributed by atoms with van der Waals surface area (Å²) >= 11 is 0. The number of anilines is 4. The molecule has 1 heterocycles. The molecule has 3 aliphatic rings. The number of hydrogen-bond donors (Lipinski definition) is 1. The van der Waals surface area contributed by atoms with Crippen LogP contribution in [0.5, 0.6) is 0 Å². The number of rotatable bonds is 5. The van der Waals surface area contributed by atoms with Gasteiger partial charge in [0, 0.05) is 39.7 Å². The Labute approximate surface area is 300 Å². The summed E-state index contributed by atoms with van der Waals surface area (Å²) in [5, 5.41) is 6.18. The van der Waals surface area contributed by atoms with Crippen LogP contribution in [0.2, 0.25) is 0 Å². The Hall–Kier alpha value is -6.12. The first-order valence-electron chi connectivity index (χ1n) is 18.0. The zero-order valence-electron chi connectivity index (χ0n) is 28.9. The van der Waals surface area contributed by atoms with Gasteiger partial charge < -0.3 is 10.2 Å². The number of hydrogen-bond acceptors (Lipinski definition) is 2. The van der Waals surface area contributed by atoms with Gasteiger partial charge in [-0.2, -0.15) is 0 Å². The molecule has 1 atom stereocenters. The maximum Gasteiger partial charge on any atom is 0.0501 e. The topological polar surface area (TPSA) is 15.3 Å². The minimum atomic E-state index is -0.0618. The molecule has 51 heavy (non-hydrogen) atoms. The molecule has 244 valence electrons. The number of benzene rings is 7. The first-order chi connectivity index (χ1) is 25.0. The molecule has 1 unspecified atom stereocenters. The summed E-state index contributed by atoms with van der Waals surface area (Å²) in [6.45, 7) is 4.76. The number of nitrogens with zero attached hydrogens (tertiary/aromatic N) is 1.